The summed E-state index contributed by atoms with van der Waals surface area (Å²) in [5, 5.41) is 1.81. The van der Waals surface area contributed by atoms with Gasteiger partial charge in [0.1, 0.15) is 11.3 Å². The Morgan fingerprint density at radius 3 is 2.86 bits per heavy atom. The number of ether oxygens (including phenoxy) is 1. The molecule has 21 heavy (non-hydrogen) atoms. The second-order valence-electron chi connectivity index (χ2n) is 5.53. The lowest BCUT2D eigenvalue weighted by Gasteiger charge is -2.25. The maximum atomic E-state index is 6.19. The fourth-order valence-corrected chi connectivity index (χ4v) is 3.43. The number of nitrogens with zero attached hydrogens (tertiary/aromatic N) is 3. The monoisotopic (exact) mass is 301 g/mol. The van der Waals surface area contributed by atoms with Gasteiger partial charge in [-0.3, -0.25) is 4.98 Å². The summed E-state index contributed by atoms with van der Waals surface area (Å²) in [5.74, 6) is 1.03. The highest BCUT2D eigenvalue weighted by molar-refractivity contribution is 6.31. The third-order valence-electron chi connectivity index (χ3n) is 4.21. The fraction of sp³-hybridized carbons (Fsp3) is 0.375. The van der Waals surface area contributed by atoms with Crippen molar-refractivity contribution in [2.24, 2.45) is 0 Å². The lowest BCUT2D eigenvalue weighted by molar-refractivity contribution is 0.0701. The van der Waals surface area contributed by atoms with E-state index < -0.39 is 0 Å². The van der Waals surface area contributed by atoms with E-state index in [1.165, 1.54) is 0 Å². The summed E-state index contributed by atoms with van der Waals surface area (Å²) in [7, 11) is 0. The van der Waals surface area contributed by atoms with Crippen LogP contribution in [0.5, 0.6) is 0 Å². The zero-order valence-electron chi connectivity index (χ0n) is 11.8. The molecule has 2 aromatic heterocycles. The van der Waals surface area contributed by atoms with Crippen LogP contribution in [0.4, 0.5) is 0 Å². The summed E-state index contributed by atoms with van der Waals surface area (Å²) in [6.07, 6.45) is 3.90. The first kappa shape index (κ1) is 13.0. The highest BCUT2D eigenvalue weighted by Crippen LogP contribution is 2.32. The van der Waals surface area contributed by atoms with Gasteiger partial charge in [0.15, 0.2) is 0 Å². The number of aryl methyl sites for hydroxylation is 1. The number of pyridine rings is 1. The van der Waals surface area contributed by atoms with Gasteiger partial charge in [0, 0.05) is 29.7 Å². The van der Waals surface area contributed by atoms with Gasteiger partial charge in [-0.2, -0.15) is 0 Å². The predicted octanol–water partition coefficient (Wildman–Crippen LogP) is 3.90. The van der Waals surface area contributed by atoms with Gasteiger partial charge in [0.05, 0.1) is 17.2 Å². The molecule has 0 atom stereocenters. The van der Waals surface area contributed by atoms with Crippen LogP contribution in [0.1, 0.15) is 24.7 Å². The van der Waals surface area contributed by atoms with Gasteiger partial charge in [0.2, 0.25) is 0 Å². The first-order valence-corrected chi connectivity index (χ1v) is 7.62. The SMILES string of the molecule is Cc1nc2cnc3ccc(Cl)cc3c2n1C1CCOCC1. The Hall–Kier alpha value is -1.65. The predicted molar refractivity (Wildman–Crippen MR) is 83.9 cm³/mol. The van der Waals surface area contributed by atoms with Crippen LogP contribution in [0.2, 0.25) is 5.02 Å². The average molecular weight is 302 g/mol. The minimum atomic E-state index is 0.438. The van der Waals surface area contributed by atoms with Crippen molar-refractivity contribution in [3.63, 3.8) is 0 Å². The van der Waals surface area contributed by atoms with Crippen LogP contribution < -0.4 is 0 Å². The Balaban J connectivity index is 2.04. The highest BCUT2D eigenvalue weighted by atomic mass is 35.5. The molecular formula is C16H16ClN3O. The van der Waals surface area contributed by atoms with Gasteiger partial charge in [-0.05, 0) is 38.0 Å². The molecule has 0 unspecified atom stereocenters. The van der Waals surface area contributed by atoms with E-state index in [0.29, 0.717) is 6.04 Å². The molecule has 5 heteroatoms. The lowest BCUT2D eigenvalue weighted by atomic mass is 10.1. The Labute approximate surface area is 127 Å². The fourth-order valence-electron chi connectivity index (χ4n) is 3.26. The van der Waals surface area contributed by atoms with E-state index in [1.807, 2.05) is 24.4 Å². The normalized spacial score (nSPS) is 16.9. The number of halogens is 1. The van der Waals surface area contributed by atoms with Gasteiger partial charge in [-0.15, -0.1) is 0 Å². The Morgan fingerprint density at radius 2 is 2.05 bits per heavy atom. The molecule has 1 saturated heterocycles. The number of benzene rings is 1. The van der Waals surface area contributed by atoms with Gasteiger partial charge < -0.3 is 9.30 Å². The molecule has 1 fully saturated rings. The summed E-state index contributed by atoms with van der Waals surface area (Å²) >= 11 is 6.19. The van der Waals surface area contributed by atoms with E-state index >= 15 is 0 Å². The largest absolute Gasteiger partial charge is 0.381 e. The molecule has 1 aliphatic rings. The number of aromatic nitrogens is 3. The van der Waals surface area contributed by atoms with Crippen LogP contribution in [-0.4, -0.2) is 27.7 Å². The molecule has 0 N–H and O–H groups in total. The van der Waals surface area contributed by atoms with Crippen LogP contribution in [0, 0.1) is 6.92 Å². The molecular weight excluding hydrogens is 286 g/mol. The maximum absolute atomic E-state index is 6.19. The molecule has 1 aromatic carbocycles. The number of fused-ring (bicyclic) bond motifs is 3. The van der Waals surface area contributed by atoms with E-state index in [2.05, 4.69) is 21.5 Å². The van der Waals surface area contributed by atoms with Crippen molar-refractivity contribution in [1.29, 1.82) is 0 Å². The molecule has 3 heterocycles. The summed E-state index contributed by atoms with van der Waals surface area (Å²) in [6, 6.07) is 6.27. The third kappa shape index (κ3) is 2.10. The summed E-state index contributed by atoms with van der Waals surface area (Å²) in [4.78, 5) is 9.18. The highest BCUT2D eigenvalue weighted by Gasteiger charge is 2.21. The van der Waals surface area contributed by atoms with E-state index in [4.69, 9.17) is 16.3 Å². The van der Waals surface area contributed by atoms with Gasteiger partial charge >= 0.3 is 0 Å². The number of imidazole rings is 1. The van der Waals surface area contributed by atoms with Crippen LogP contribution in [0.3, 0.4) is 0 Å². The Morgan fingerprint density at radius 1 is 1.24 bits per heavy atom. The van der Waals surface area contributed by atoms with E-state index in [9.17, 15) is 0 Å². The topological polar surface area (TPSA) is 39.9 Å². The van der Waals surface area contributed by atoms with Crippen molar-refractivity contribution in [3.8, 4) is 0 Å². The molecule has 0 amide bonds. The summed E-state index contributed by atoms with van der Waals surface area (Å²) < 4.78 is 7.83. The second-order valence-corrected chi connectivity index (χ2v) is 5.96. The zero-order chi connectivity index (χ0) is 14.4. The summed E-state index contributed by atoms with van der Waals surface area (Å²) in [5.41, 5.74) is 3.04. The van der Waals surface area contributed by atoms with Crippen LogP contribution in [0.25, 0.3) is 21.9 Å². The number of hydrogen-bond donors (Lipinski definition) is 0. The van der Waals surface area contributed by atoms with E-state index in [1.54, 1.807) is 0 Å². The maximum Gasteiger partial charge on any atom is 0.108 e. The van der Waals surface area contributed by atoms with Crippen molar-refractivity contribution in [2.75, 3.05) is 13.2 Å². The minimum Gasteiger partial charge on any atom is -0.381 e. The van der Waals surface area contributed by atoms with Crippen molar-refractivity contribution >= 4 is 33.5 Å². The van der Waals surface area contributed by atoms with Gasteiger partial charge in [-0.1, -0.05) is 11.6 Å². The molecule has 1 aliphatic heterocycles. The zero-order valence-corrected chi connectivity index (χ0v) is 12.6. The smallest absolute Gasteiger partial charge is 0.108 e. The molecule has 3 aromatic rings. The number of rotatable bonds is 1. The number of hydrogen-bond acceptors (Lipinski definition) is 3. The van der Waals surface area contributed by atoms with Crippen molar-refractivity contribution in [3.05, 3.63) is 35.2 Å². The second kappa shape index (κ2) is 4.97. The Kier molecular flexibility index (Phi) is 3.08. The van der Waals surface area contributed by atoms with E-state index in [-0.39, 0.29) is 0 Å². The first-order valence-electron chi connectivity index (χ1n) is 7.24. The quantitative estimate of drug-likeness (QED) is 0.684. The van der Waals surface area contributed by atoms with Crippen molar-refractivity contribution < 1.29 is 4.74 Å². The van der Waals surface area contributed by atoms with Crippen LogP contribution in [0.15, 0.2) is 24.4 Å². The van der Waals surface area contributed by atoms with Gasteiger partial charge in [0.25, 0.3) is 0 Å². The molecule has 0 saturated carbocycles. The minimum absolute atomic E-state index is 0.438. The molecule has 4 rings (SSSR count). The first-order chi connectivity index (χ1) is 10.2. The summed E-state index contributed by atoms with van der Waals surface area (Å²) in [6.45, 7) is 3.69. The third-order valence-corrected chi connectivity index (χ3v) is 4.45. The molecule has 0 spiro atoms. The molecule has 0 bridgehead atoms. The van der Waals surface area contributed by atoms with Crippen molar-refractivity contribution in [2.45, 2.75) is 25.8 Å². The van der Waals surface area contributed by atoms with Crippen molar-refractivity contribution in [1.82, 2.24) is 14.5 Å². The Bertz CT molecular complexity index is 821. The standard InChI is InChI=1S/C16H16ClN3O/c1-10-19-15-9-18-14-3-2-11(17)8-13(14)16(15)20(10)12-4-6-21-7-5-12/h2-3,8-9,12H,4-7H2,1H3. The van der Waals surface area contributed by atoms with Crippen LogP contribution in [-0.2, 0) is 4.74 Å². The van der Waals surface area contributed by atoms with Gasteiger partial charge in [-0.25, -0.2) is 4.98 Å². The molecule has 4 nitrogen and oxygen atoms in total. The average Bonchev–Trinajstić information content (AvgIpc) is 2.84. The van der Waals surface area contributed by atoms with Crippen LogP contribution >= 0.6 is 11.6 Å². The molecule has 0 radical (unpaired) electrons. The lowest BCUT2D eigenvalue weighted by Crippen LogP contribution is -2.20. The van der Waals surface area contributed by atoms with E-state index in [0.717, 1.165) is 58.8 Å². The molecule has 108 valence electrons. The molecule has 0 aliphatic carbocycles.